The average Bonchev–Trinajstić information content (AvgIpc) is 3.19. The molecule has 2 atom stereocenters. The van der Waals surface area contributed by atoms with Crippen LogP contribution in [0.1, 0.15) is 32.8 Å². The summed E-state index contributed by atoms with van der Waals surface area (Å²) in [5, 5.41) is 7.34. The first kappa shape index (κ1) is 20.4. The van der Waals surface area contributed by atoms with Crippen molar-refractivity contribution < 1.29 is 28.7 Å². The predicted octanol–water partition coefficient (Wildman–Crippen LogP) is 0.893. The van der Waals surface area contributed by atoms with Crippen molar-refractivity contribution in [2.45, 2.75) is 45.2 Å². The zero-order chi connectivity index (χ0) is 21.2. The second-order valence-electron chi connectivity index (χ2n) is 7.35. The number of benzene rings is 1. The summed E-state index contributed by atoms with van der Waals surface area (Å²) in [5.41, 5.74) is -0.450. The van der Waals surface area contributed by atoms with E-state index in [1.54, 1.807) is 32.0 Å². The van der Waals surface area contributed by atoms with Crippen LogP contribution in [-0.4, -0.2) is 53.7 Å². The Hall–Kier alpha value is -3.30. The largest absolute Gasteiger partial charge is 0.454 e. The fraction of sp³-hybridized carbons (Fsp3) is 0.474. The minimum Gasteiger partial charge on any atom is -0.454 e. The normalized spacial score (nSPS) is 21.0. The van der Waals surface area contributed by atoms with Crippen LogP contribution in [0.5, 0.6) is 11.5 Å². The number of amides is 6. The van der Waals surface area contributed by atoms with Crippen LogP contribution in [0.25, 0.3) is 0 Å². The van der Waals surface area contributed by atoms with Crippen LogP contribution in [0, 0.1) is 0 Å². The molecule has 0 spiro atoms. The molecule has 0 aromatic heterocycles. The number of fused-ring (bicyclic) bond motifs is 1. The SMILES string of the molecule is CC[C@@H](C)NC(=O)NC(=O)CN1C(=O)N[C@@](C)(Cc2ccc3c(c2)OCO3)C1=O. The van der Waals surface area contributed by atoms with Crippen LogP contribution in [0.4, 0.5) is 9.59 Å². The first-order valence-corrected chi connectivity index (χ1v) is 9.35. The summed E-state index contributed by atoms with van der Waals surface area (Å²) in [4.78, 5) is 49.8. The highest BCUT2D eigenvalue weighted by Gasteiger charge is 2.48. The van der Waals surface area contributed by atoms with E-state index in [2.05, 4.69) is 16.0 Å². The van der Waals surface area contributed by atoms with Gasteiger partial charge in [-0.3, -0.25) is 19.8 Å². The molecule has 6 amide bonds. The van der Waals surface area contributed by atoms with Crippen molar-refractivity contribution in [2.24, 2.45) is 0 Å². The molecular weight excluding hydrogens is 380 g/mol. The number of rotatable bonds is 6. The van der Waals surface area contributed by atoms with E-state index in [4.69, 9.17) is 9.47 Å². The number of carbonyl (C=O) groups is 4. The number of nitrogens with zero attached hydrogens (tertiary/aromatic N) is 1. The van der Waals surface area contributed by atoms with Crippen molar-refractivity contribution >= 4 is 23.9 Å². The molecule has 1 aromatic rings. The molecule has 0 unspecified atom stereocenters. The minimum atomic E-state index is -1.22. The maximum atomic E-state index is 12.8. The van der Waals surface area contributed by atoms with Crippen LogP contribution in [0.15, 0.2) is 18.2 Å². The van der Waals surface area contributed by atoms with Gasteiger partial charge in [-0.25, -0.2) is 9.59 Å². The Labute approximate surface area is 167 Å². The quantitative estimate of drug-likeness (QED) is 0.605. The summed E-state index contributed by atoms with van der Waals surface area (Å²) in [6.45, 7) is 4.87. The zero-order valence-electron chi connectivity index (χ0n) is 16.5. The second kappa shape index (κ2) is 7.98. The van der Waals surface area contributed by atoms with Crippen molar-refractivity contribution in [1.29, 1.82) is 0 Å². The highest BCUT2D eigenvalue weighted by Crippen LogP contribution is 2.34. The summed E-state index contributed by atoms with van der Waals surface area (Å²) in [7, 11) is 0. The monoisotopic (exact) mass is 404 g/mol. The van der Waals surface area contributed by atoms with Crippen molar-refractivity contribution in [2.75, 3.05) is 13.3 Å². The van der Waals surface area contributed by atoms with Crippen molar-refractivity contribution in [3.05, 3.63) is 23.8 Å². The molecule has 1 saturated heterocycles. The Morgan fingerprint density at radius 1 is 1.28 bits per heavy atom. The fourth-order valence-electron chi connectivity index (χ4n) is 3.14. The number of nitrogens with one attached hydrogen (secondary N) is 3. The molecule has 0 bridgehead atoms. The van der Waals surface area contributed by atoms with Crippen molar-refractivity contribution in [3.63, 3.8) is 0 Å². The van der Waals surface area contributed by atoms with Gasteiger partial charge >= 0.3 is 12.1 Å². The minimum absolute atomic E-state index is 0.107. The molecule has 29 heavy (non-hydrogen) atoms. The van der Waals surface area contributed by atoms with Gasteiger partial charge in [0.1, 0.15) is 12.1 Å². The maximum Gasteiger partial charge on any atom is 0.325 e. The van der Waals surface area contributed by atoms with Crippen LogP contribution in [0.3, 0.4) is 0 Å². The van der Waals surface area contributed by atoms with Gasteiger partial charge in [-0.15, -0.1) is 0 Å². The van der Waals surface area contributed by atoms with Gasteiger partial charge in [0.25, 0.3) is 5.91 Å². The van der Waals surface area contributed by atoms with Gasteiger partial charge < -0.3 is 20.1 Å². The van der Waals surface area contributed by atoms with Crippen LogP contribution >= 0.6 is 0 Å². The molecule has 0 radical (unpaired) electrons. The highest BCUT2D eigenvalue weighted by atomic mass is 16.7. The third-order valence-electron chi connectivity index (χ3n) is 4.88. The van der Waals surface area contributed by atoms with Gasteiger partial charge in [0.05, 0.1) is 0 Å². The van der Waals surface area contributed by atoms with Gasteiger partial charge in [0, 0.05) is 12.5 Å². The third-order valence-corrected chi connectivity index (χ3v) is 4.88. The van der Waals surface area contributed by atoms with E-state index in [9.17, 15) is 19.2 Å². The van der Waals surface area contributed by atoms with Gasteiger partial charge in [0.15, 0.2) is 11.5 Å². The lowest BCUT2D eigenvalue weighted by molar-refractivity contribution is -0.134. The summed E-state index contributed by atoms with van der Waals surface area (Å²) in [6, 6.07) is 3.82. The van der Waals surface area contributed by atoms with Gasteiger partial charge in [-0.2, -0.15) is 0 Å². The van der Waals surface area contributed by atoms with E-state index in [1.807, 2.05) is 6.92 Å². The lowest BCUT2D eigenvalue weighted by Crippen LogP contribution is -2.49. The number of hydrogen-bond donors (Lipinski definition) is 3. The number of imide groups is 2. The topological polar surface area (TPSA) is 126 Å². The van der Waals surface area contributed by atoms with Crippen molar-refractivity contribution in [1.82, 2.24) is 20.9 Å². The van der Waals surface area contributed by atoms with E-state index in [0.717, 1.165) is 10.5 Å². The Morgan fingerprint density at radius 3 is 2.72 bits per heavy atom. The molecule has 156 valence electrons. The number of ether oxygens (including phenoxy) is 2. The number of carbonyl (C=O) groups excluding carboxylic acids is 4. The van der Waals surface area contributed by atoms with E-state index < -0.39 is 36.0 Å². The van der Waals surface area contributed by atoms with Gasteiger partial charge in [0.2, 0.25) is 12.7 Å². The van der Waals surface area contributed by atoms with E-state index in [1.165, 1.54) is 0 Å². The number of urea groups is 2. The predicted molar refractivity (Wildman–Crippen MR) is 101 cm³/mol. The Morgan fingerprint density at radius 2 is 2.00 bits per heavy atom. The smallest absolute Gasteiger partial charge is 0.325 e. The lowest BCUT2D eigenvalue weighted by atomic mass is 9.92. The Kier molecular flexibility index (Phi) is 5.62. The summed E-state index contributed by atoms with van der Waals surface area (Å²) < 4.78 is 10.6. The molecule has 0 aliphatic carbocycles. The Balaban J connectivity index is 1.62. The maximum absolute atomic E-state index is 12.8. The molecule has 2 aliphatic heterocycles. The fourth-order valence-corrected chi connectivity index (χ4v) is 3.14. The van der Waals surface area contributed by atoms with Crippen LogP contribution < -0.4 is 25.4 Å². The zero-order valence-corrected chi connectivity index (χ0v) is 16.5. The molecule has 10 heteroatoms. The standard InChI is InChI=1S/C19H24N4O6/c1-4-11(2)20-17(26)21-15(24)9-23-16(25)19(3,22-18(23)27)8-12-5-6-13-14(7-12)29-10-28-13/h5-7,11H,4,8-10H2,1-3H3,(H,22,27)(H2,20,21,24,26)/t11-,19+/m1/s1. The van der Waals surface area contributed by atoms with E-state index in [0.29, 0.717) is 17.9 Å². The first-order valence-electron chi connectivity index (χ1n) is 9.35. The molecular formula is C19H24N4O6. The molecule has 1 aromatic carbocycles. The van der Waals surface area contributed by atoms with Gasteiger partial charge in [-0.1, -0.05) is 13.0 Å². The van der Waals surface area contributed by atoms with Crippen LogP contribution in [0.2, 0.25) is 0 Å². The third kappa shape index (κ3) is 4.41. The Bertz CT molecular complexity index is 857. The summed E-state index contributed by atoms with van der Waals surface area (Å²) in [6.07, 6.45) is 0.910. The molecule has 1 fully saturated rings. The summed E-state index contributed by atoms with van der Waals surface area (Å²) in [5.74, 6) is -0.0969. The van der Waals surface area contributed by atoms with E-state index in [-0.39, 0.29) is 19.3 Å². The van der Waals surface area contributed by atoms with Crippen LogP contribution in [-0.2, 0) is 16.0 Å². The first-order chi connectivity index (χ1) is 13.7. The summed E-state index contributed by atoms with van der Waals surface area (Å²) >= 11 is 0. The molecule has 3 N–H and O–H groups in total. The second-order valence-corrected chi connectivity index (χ2v) is 7.35. The molecule has 0 saturated carbocycles. The highest BCUT2D eigenvalue weighted by molar-refractivity contribution is 6.09. The van der Waals surface area contributed by atoms with Crippen molar-refractivity contribution in [3.8, 4) is 11.5 Å². The van der Waals surface area contributed by atoms with E-state index >= 15 is 0 Å². The molecule has 3 rings (SSSR count). The average molecular weight is 404 g/mol. The molecule has 10 nitrogen and oxygen atoms in total. The molecule has 2 heterocycles. The number of hydrogen-bond acceptors (Lipinski definition) is 6. The molecule has 2 aliphatic rings. The lowest BCUT2D eigenvalue weighted by Gasteiger charge is -2.22. The van der Waals surface area contributed by atoms with Gasteiger partial charge in [-0.05, 0) is 38.0 Å².